The second-order valence-corrected chi connectivity index (χ2v) is 13.0. The van der Waals surface area contributed by atoms with Crippen molar-refractivity contribution in [2.45, 2.75) is 27.7 Å². The molecule has 5 aromatic carbocycles. The monoisotopic (exact) mass is 850 g/mol. The number of fused-ring (bicyclic) bond motifs is 4. The van der Waals surface area contributed by atoms with Crippen LogP contribution < -0.4 is 0 Å². The van der Waals surface area contributed by atoms with Crippen LogP contribution in [-0.4, -0.2) is 15.0 Å². The molecule has 0 spiro atoms. The number of aromatic nitrogens is 3. The van der Waals surface area contributed by atoms with Crippen molar-refractivity contribution >= 4 is 32.8 Å². The molecule has 5 heteroatoms. The van der Waals surface area contributed by atoms with E-state index in [1.54, 1.807) is 0 Å². The summed E-state index contributed by atoms with van der Waals surface area (Å²) in [6, 6.07) is 50.7. The number of nitrogens with zero attached hydrogens (tertiary/aromatic N) is 3. The van der Waals surface area contributed by atoms with Gasteiger partial charge in [0.05, 0.1) is 5.58 Å². The third kappa shape index (κ3) is 7.07. The number of hydrogen-bond donors (Lipinski definition) is 0. The number of aryl methyl sites for hydroxylation is 4. The van der Waals surface area contributed by atoms with Crippen molar-refractivity contribution in [2.75, 3.05) is 0 Å². The molecule has 0 aliphatic rings. The van der Waals surface area contributed by atoms with E-state index in [-0.39, 0.29) is 20.1 Å². The quantitative estimate of drug-likeness (QED) is 0.166. The Morgan fingerprint density at radius 2 is 1.38 bits per heavy atom. The Balaban J connectivity index is 0.000000174. The molecule has 0 aliphatic heterocycles. The van der Waals surface area contributed by atoms with E-state index in [0.717, 1.165) is 55.7 Å². The van der Waals surface area contributed by atoms with Crippen molar-refractivity contribution < 1.29 is 24.5 Å². The van der Waals surface area contributed by atoms with Gasteiger partial charge in [-0.15, -0.1) is 47.5 Å². The second-order valence-electron chi connectivity index (χ2n) is 13.0. The minimum Gasteiger partial charge on any atom is -0.486 e. The van der Waals surface area contributed by atoms with Crippen LogP contribution >= 0.6 is 0 Å². The molecule has 0 unspecified atom stereocenters. The molecule has 4 nitrogen and oxygen atoms in total. The summed E-state index contributed by atoms with van der Waals surface area (Å²) in [5, 5.41) is 4.52. The fraction of sp³-hybridized carbons (Fsp3) is 0.0851. The van der Waals surface area contributed by atoms with Gasteiger partial charge < -0.3 is 14.4 Å². The molecule has 0 bridgehead atoms. The van der Waals surface area contributed by atoms with Gasteiger partial charge in [-0.1, -0.05) is 108 Å². The first kappa shape index (κ1) is 34.7. The summed E-state index contributed by atoms with van der Waals surface area (Å²) in [5.74, 6) is 0. The van der Waals surface area contributed by atoms with Gasteiger partial charge in [0.15, 0.2) is 0 Å². The first-order valence-electron chi connectivity index (χ1n) is 17.1. The molecule has 1 radical (unpaired) electrons. The van der Waals surface area contributed by atoms with Crippen molar-refractivity contribution in [1.29, 1.82) is 0 Å². The van der Waals surface area contributed by atoms with Gasteiger partial charge in [-0.2, -0.15) is 0 Å². The summed E-state index contributed by atoms with van der Waals surface area (Å²) >= 11 is 0. The fourth-order valence-corrected chi connectivity index (χ4v) is 6.46. The van der Waals surface area contributed by atoms with E-state index in [2.05, 4.69) is 126 Å². The van der Waals surface area contributed by atoms with Crippen LogP contribution in [0.3, 0.4) is 0 Å². The third-order valence-electron chi connectivity index (χ3n) is 9.21. The fourth-order valence-electron chi connectivity index (χ4n) is 6.46. The molecule has 0 saturated heterocycles. The Morgan fingerprint density at radius 1 is 0.596 bits per heavy atom. The van der Waals surface area contributed by atoms with Crippen LogP contribution in [0.25, 0.3) is 77.6 Å². The first-order chi connectivity index (χ1) is 24.9. The average Bonchev–Trinajstić information content (AvgIpc) is 3.53. The molecular formula is C47H35IrN3O-2. The van der Waals surface area contributed by atoms with E-state index < -0.39 is 0 Å². The van der Waals surface area contributed by atoms with Crippen molar-refractivity contribution in [3.05, 3.63) is 174 Å². The second kappa shape index (κ2) is 14.9. The predicted octanol–water partition coefficient (Wildman–Crippen LogP) is 12.1. The molecule has 4 heterocycles. The van der Waals surface area contributed by atoms with E-state index in [4.69, 9.17) is 4.42 Å². The van der Waals surface area contributed by atoms with Crippen LogP contribution in [0, 0.1) is 39.8 Å². The van der Waals surface area contributed by atoms with Crippen LogP contribution in [-0.2, 0) is 20.1 Å². The maximum Gasteiger partial charge on any atom is 0.216 e. The molecule has 0 atom stereocenters. The van der Waals surface area contributed by atoms with Gasteiger partial charge in [0.1, 0.15) is 0 Å². The average molecular weight is 850 g/mol. The van der Waals surface area contributed by atoms with Crippen LogP contribution in [0.15, 0.2) is 144 Å². The number of hydrogen-bond acceptors (Lipinski definition) is 4. The zero-order valence-corrected chi connectivity index (χ0v) is 31.8. The van der Waals surface area contributed by atoms with Crippen molar-refractivity contribution in [1.82, 2.24) is 15.0 Å². The van der Waals surface area contributed by atoms with Gasteiger partial charge in [-0.05, 0) is 89.5 Å². The molecule has 52 heavy (non-hydrogen) atoms. The normalized spacial score (nSPS) is 10.9. The molecule has 9 aromatic rings. The van der Waals surface area contributed by atoms with Crippen molar-refractivity contribution in [3.8, 4) is 44.8 Å². The Labute approximate surface area is 317 Å². The van der Waals surface area contributed by atoms with Gasteiger partial charge in [-0.3, -0.25) is 0 Å². The number of furan rings is 1. The number of rotatable bonds is 4. The third-order valence-corrected chi connectivity index (χ3v) is 9.21. The van der Waals surface area contributed by atoms with Crippen LogP contribution in [0.1, 0.15) is 22.4 Å². The summed E-state index contributed by atoms with van der Waals surface area (Å²) in [6.07, 6.45) is 3.74. The molecule has 4 aromatic heterocycles. The SMILES string of the molecule is Cc1ccc(-c2[c-]cc(C)c(-c3ccccc3)c2)nc1.Cc1ccc2cc(-c3ccnc(-c4[c-]ccc5c4oc4nc(C)ccc45)c3)ccc2c1.[Ir]. The molecule has 0 fully saturated rings. The summed E-state index contributed by atoms with van der Waals surface area (Å²) in [5.41, 5.74) is 14.5. The maximum absolute atomic E-state index is 6.15. The largest absolute Gasteiger partial charge is 0.486 e. The van der Waals surface area contributed by atoms with Crippen molar-refractivity contribution in [3.63, 3.8) is 0 Å². The molecule has 9 rings (SSSR count). The Bertz CT molecular complexity index is 2680. The molecular weight excluding hydrogens is 815 g/mol. The topological polar surface area (TPSA) is 51.8 Å². The molecule has 0 N–H and O–H groups in total. The van der Waals surface area contributed by atoms with Gasteiger partial charge in [0.25, 0.3) is 0 Å². The summed E-state index contributed by atoms with van der Waals surface area (Å²) in [4.78, 5) is 13.7. The standard InChI is InChI=1S/C28H19N2O.C19H16N.Ir/c1-17-6-8-20-15-21(10-9-19(20)14-17)22-12-13-29-26(16-22)25-5-3-4-23-24-11-7-18(2)30-28(24)31-27(23)25;1-14-8-11-19(20-13-14)17-10-9-15(2)18(12-17)16-6-4-3-5-7-16;/h3-4,6-16H,1-2H3;3-9,11-13H,1-2H3;/q2*-1;. The Hall–Kier alpha value is -5.74. The Morgan fingerprint density at radius 3 is 2.21 bits per heavy atom. The number of benzene rings is 5. The smallest absolute Gasteiger partial charge is 0.216 e. The molecule has 0 amide bonds. The van der Waals surface area contributed by atoms with Crippen LogP contribution in [0.5, 0.6) is 0 Å². The van der Waals surface area contributed by atoms with E-state index in [1.165, 1.54) is 38.6 Å². The predicted molar refractivity (Wildman–Crippen MR) is 209 cm³/mol. The van der Waals surface area contributed by atoms with Gasteiger partial charge >= 0.3 is 0 Å². The minimum atomic E-state index is 0. The maximum atomic E-state index is 6.15. The number of pyridine rings is 3. The van der Waals surface area contributed by atoms with Crippen molar-refractivity contribution in [2.24, 2.45) is 0 Å². The summed E-state index contributed by atoms with van der Waals surface area (Å²) in [6.45, 7) is 8.25. The Kier molecular flexibility index (Phi) is 9.91. The van der Waals surface area contributed by atoms with E-state index in [9.17, 15) is 0 Å². The minimum absolute atomic E-state index is 0. The molecule has 255 valence electrons. The zero-order chi connectivity index (χ0) is 34.9. The van der Waals surface area contributed by atoms with Crippen LogP contribution in [0.2, 0.25) is 0 Å². The van der Waals surface area contributed by atoms with E-state index in [0.29, 0.717) is 5.71 Å². The van der Waals surface area contributed by atoms with Gasteiger partial charge in [0.2, 0.25) is 5.71 Å². The van der Waals surface area contributed by atoms with Gasteiger partial charge in [-0.25, -0.2) is 4.98 Å². The molecule has 0 aliphatic carbocycles. The summed E-state index contributed by atoms with van der Waals surface area (Å²) in [7, 11) is 0. The summed E-state index contributed by atoms with van der Waals surface area (Å²) < 4.78 is 6.15. The zero-order valence-electron chi connectivity index (χ0n) is 29.4. The van der Waals surface area contributed by atoms with E-state index in [1.807, 2.05) is 68.7 Å². The first-order valence-corrected chi connectivity index (χ1v) is 17.1. The molecule has 0 saturated carbocycles. The van der Waals surface area contributed by atoms with Crippen LogP contribution in [0.4, 0.5) is 0 Å². The van der Waals surface area contributed by atoms with E-state index >= 15 is 0 Å². The van der Waals surface area contributed by atoms with Gasteiger partial charge in [0, 0.05) is 43.6 Å².